The van der Waals surface area contributed by atoms with E-state index in [-0.39, 0.29) is 6.79 Å². The average molecular weight is 208 g/mol. The van der Waals surface area contributed by atoms with Gasteiger partial charge in [-0.05, 0) is 30.0 Å². The van der Waals surface area contributed by atoms with Gasteiger partial charge in [-0.25, -0.2) is 0 Å². The van der Waals surface area contributed by atoms with Gasteiger partial charge in [-0.15, -0.1) is 0 Å². The van der Waals surface area contributed by atoms with Gasteiger partial charge in [0.25, 0.3) is 0 Å². The highest BCUT2D eigenvalue weighted by molar-refractivity contribution is 5.45. The van der Waals surface area contributed by atoms with Gasteiger partial charge in [0.2, 0.25) is 6.79 Å². The summed E-state index contributed by atoms with van der Waals surface area (Å²) in [6, 6.07) is 5.59. The van der Waals surface area contributed by atoms with Crippen LogP contribution in [0.1, 0.15) is 31.9 Å². The first-order chi connectivity index (χ1) is 7.16. The maximum Gasteiger partial charge on any atom is 0.231 e. The van der Waals surface area contributed by atoms with Gasteiger partial charge in [-0.3, -0.25) is 0 Å². The quantitative estimate of drug-likeness (QED) is 0.829. The van der Waals surface area contributed by atoms with Crippen molar-refractivity contribution in [1.29, 1.82) is 0 Å². The molecule has 0 aromatic heterocycles. The van der Waals surface area contributed by atoms with Crippen LogP contribution in [-0.2, 0) is 0 Å². The number of fused-ring (bicyclic) bond motifs is 1. The Morgan fingerprint density at radius 1 is 1.27 bits per heavy atom. The van der Waals surface area contributed by atoms with E-state index in [0.717, 1.165) is 23.5 Å². The van der Waals surface area contributed by atoms with Gasteiger partial charge in [0.1, 0.15) is 0 Å². The number of aliphatic hydroxyl groups excluding tert-OH is 1. The molecule has 1 aliphatic rings. The molecule has 0 spiro atoms. The third-order valence-corrected chi connectivity index (χ3v) is 2.48. The second kappa shape index (κ2) is 4.11. The highest BCUT2D eigenvalue weighted by atomic mass is 16.7. The first kappa shape index (κ1) is 10.3. The highest BCUT2D eigenvalue weighted by Gasteiger charge is 2.16. The molecule has 1 heterocycles. The second-order valence-electron chi connectivity index (χ2n) is 4.26. The summed E-state index contributed by atoms with van der Waals surface area (Å²) < 4.78 is 10.5. The van der Waals surface area contributed by atoms with E-state index in [1.807, 2.05) is 18.2 Å². The fourth-order valence-corrected chi connectivity index (χ4v) is 1.70. The summed E-state index contributed by atoms with van der Waals surface area (Å²) in [5.41, 5.74) is 0.896. The van der Waals surface area contributed by atoms with Crippen LogP contribution in [0.5, 0.6) is 11.5 Å². The molecule has 3 heteroatoms. The van der Waals surface area contributed by atoms with E-state index < -0.39 is 6.10 Å². The lowest BCUT2D eigenvalue weighted by Crippen LogP contribution is -2.01. The molecule has 0 amide bonds. The summed E-state index contributed by atoms with van der Waals surface area (Å²) >= 11 is 0. The average Bonchev–Trinajstić information content (AvgIpc) is 2.62. The van der Waals surface area contributed by atoms with Gasteiger partial charge in [0.05, 0.1) is 6.10 Å². The number of benzene rings is 1. The van der Waals surface area contributed by atoms with Gasteiger partial charge in [0, 0.05) is 0 Å². The summed E-state index contributed by atoms with van der Waals surface area (Å²) in [7, 11) is 0. The fraction of sp³-hybridized carbons (Fsp3) is 0.500. The highest BCUT2D eigenvalue weighted by Crippen LogP contribution is 2.35. The van der Waals surface area contributed by atoms with E-state index in [2.05, 4.69) is 13.8 Å². The van der Waals surface area contributed by atoms with Crippen LogP contribution < -0.4 is 9.47 Å². The normalized spacial score (nSPS) is 15.7. The zero-order valence-electron chi connectivity index (χ0n) is 9.06. The zero-order valence-corrected chi connectivity index (χ0v) is 9.06. The van der Waals surface area contributed by atoms with E-state index in [1.165, 1.54) is 0 Å². The molecule has 0 saturated carbocycles. The molecule has 0 bridgehead atoms. The van der Waals surface area contributed by atoms with Crippen LogP contribution in [0.25, 0.3) is 0 Å². The zero-order chi connectivity index (χ0) is 10.8. The second-order valence-corrected chi connectivity index (χ2v) is 4.26. The molecule has 0 saturated heterocycles. The minimum atomic E-state index is -0.417. The lowest BCUT2D eigenvalue weighted by molar-refractivity contribution is 0.150. The minimum Gasteiger partial charge on any atom is -0.454 e. The summed E-state index contributed by atoms with van der Waals surface area (Å²) in [6.45, 7) is 4.46. The predicted molar refractivity (Wildman–Crippen MR) is 57.0 cm³/mol. The molecule has 2 rings (SSSR count). The fourth-order valence-electron chi connectivity index (χ4n) is 1.70. The van der Waals surface area contributed by atoms with Crippen molar-refractivity contribution in [3.8, 4) is 11.5 Å². The predicted octanol–water partition coefficient (Wildman–Crippen LogP) is 2.49. The standard InChI is InChI=1S/C12H16O3/c1-8(2)5-10(13)9-3-4-11-12(6-9)15-7-14-11/h3-4,6,8,10,13H,5,7H2,1-2H3/t10-/m1/s1. The molecule has 1 aromatic carbocycles. The lowest BCUT2D eigenvalue weighted by Gasteiger charge is -2.13. The SMILES string of the molecule is CC(C)C[C@@H](O)c1ccc2c(c1)OCO2. The Bertz CT molecular complexity index is 347. The van der Waals surface area contributed by atoms with E-state index in [4.69, 9.17) is 9.47 Å². The maximum absolute atomic E-state index is 9.93. The van der Waals surface area contributed by atoms with Gasteiger partial charge in [-0.2, -0.15) is 0 Å². The van der Waals surface area contributed by atoms with Crippen molar-refractivity contribution in [2.75, 3.05) is 6.79 Å². The maximum atomic E-state index is 9.93. The molecular weight excluding hydrogens is 192 g/mol. The van der Waals surface area contributed by atoms with Crippen molar-refractivity contribution in [1.82, 2.24) is 0 Å². The van der Waals surface area contributed by atoms with E-state index in [1.54, 1.807) is 0 Å². The molecule has 1 N–H and O–H groups in total. The first-order valence-electron chi connectivity index (χ1n) is 5.24. The van der Waals surface area contributed by atoms with Gasteiger partial charge >= 0.3 is 0 Å². The van der Waals surface area contributed by atoms with Crippen LogP contribution in [0.3, 0.4) is 0 Å². The summed E-state index contributed by atoms with van der Waals surface area (Å²) in [5, 5.41) is 9.93. The first-order valence-corrected chi connectivity index (χ1v) is 5.24. The van der Waals surface area contributed by atoms with E-state index >= 15 is 0 Å². The summed E-state index contributed by atoms with van der Waals surface area (Å²) in [4.78, 5) is 0. The van der Waals surface area contributed by atoms with E-state index in [9.17, 15) is 5.11 Å². The monoisotopic (exact) mass is 208 g/mol. The summed E-state index contributed by atoms with van der Waals surface area (Å²) in [5.74, 6) is 1.97. The Hall–Kier alpha value is -1.22. The Morgan fingerprint density at radius 2 is 2.00 bits per heavy atom. The largest absolute Gasteiger partial charge is 0.454 e. The number of hydrogen-bond acceptors (Lipinski definition) is 3. The van der Waals surface area contributed by atoms with Crippen LogP contribution in [0.2, 0.25) is 0 Å². The third-order valence-electron chi connectivity index (χ3n) is 2.48. The van der Waals surface area contributed by atoms with Crippen LogP contribution in [0, 0.1) is 5.92 Å². The van der Waals surface area contributed by atoms with Crippen LogP contribution >= 0.6 is 0 Å². The smallest absolute Gasteiger partial charge is 0.231 e. The van der Waals surface area contributed by atoms with Crippen molar-refractivity contribution in [2.45, 2.75) is 26.4 Å². The molecule has 1 aliphatic heterocycles. The van der Waals surface area contributed by atoms with Crippen molar-refractivity contribution < 1.29 is 14.6 Å². The van der Waals surface area contributed by atoms with Crippen LogP contribution in [-0.4, -0.2) is 11.9 Å². The Morgan fingerprint density at radius 3 is 2.73 bits per heavy atom. The van der Waals surface area contributed by atoms with Gasteiger partial charge in [-0.1, -0.05) is 19.9 Å². The van der Waals surface area contributed by atoms with Gasteiger partial charge in [0.15, 0.2) is 11.5 Å². The number of hydrogen-bond donors (Lipinski definition) is 1. The number of ether oxygens (including phenoxy) is 2. The Labute approximate surface area is 89.6 Å². The lowest BCUT2D eigenvalue weighted by atomic mass is 9.99. The van der Waals surface area contributed by atoms with Crippen LogP contribution in [0.15, 0.2) is 18.2 Å². The van der Waals surface area contributed by atoms with Crippen molar-refractivity contribution in [3.05, 3.63) is 23.8 Å². The number of rotatable bonds is 3. The van der Waals surface area contributed by atoms with E-state index in [0.29, 0.717) is 5.92 Å². The molecule has 0 radical (unpaired) electrons. The molecular formula is C12H16O3. The van der Waals surface area contributed by atoms with Crippen LogP contribution in [0.4, 0.5) is 0 Å². The topological polar surface area (TPSA) is 38.7 Å². The van der Waals surface area contributed by atoms with Crippen molar-refractivity contribution >= 4 is 0 Å². The van der Waals surface area contributed by atoms with Crippen molar-refractivity contribution in [3.63, 3.8) is 0 Å². The molecule has 0 unspecified atom stereocenters. The molecule has 1 aromatic rings. The molecule has 0 fully saturated rings. The Kier molecular flexibility index (Phi) is 2.82. The van der Waals surface area contributed by atoms with Crippen molar-refractivity contribution in [2.24, 2.45) is 5.92 Å². The van der Waals surface area contributed by atoms with Gasteiger partial charge < -0.3 is 14.6 Å². The molecule has 15 heavy (non-hydrogen) atoms. The molecule has 0 aliphatic carbocycles. The minimum absolute atomic E-state index is 0.277. The Balaban J connectivity index is 2.15. The molecule has 1 atom stereocenters. The third kappa shape index (κ3) is 2.23. The molecule has 82 valence electrons. The molecule has 3 nitrogen and oxygen atoms in total. The number of aliphatic hydroxyl groups is 1. The summed E-state index contributed by atoms with van der Waals surface area (Å²) in [6.07, 6.45) is 0.346.